The van der Waals surface area contributed by atoms with E-state index in [4.69, 9.17) is 18.8 Å². The Morgan fingerprint density at radius 3 is 2.12 bits per heavy atom. The molecule has 1 radical (unpaired) electrons. The molecule has 3 rings (SSSR count). The zero-order valence-electron chi connectivity index (χ0n) is 16.6. The molecule has 0 unspecified atom stereocenters. The molecule has 1 aromatic carbocycles. The molecule has 0 aromatic heterocycles. The molecule has 0 aliphatic carbocycles. The highest BCUT2D eigenvalue weighted by Gasteiger charge is 2.54. The van der Waals surface area contributed by atoms with Gasteiger partial charge in [0.05, 0.1) is 20.0 Å². The Balaban J connectivity index is 2.02. The molecule has 0 bridgehead atoms. The van der Waals surface area contributed by atoms with Crippen molar-refractivity contribution < 1.29 is 18.8 Å². The number of hydrogen-bond donors (Lipinski definition) is 0. The zero-order valence-corrected chi connectivity index (χ0v) is 17.6. The lowest BCUT2D eigenvalue weighted by Gasteiger charge is -2.32. The maximum atomic E-state index is 6.40. The Labute approximate surface area is 153 Å². The molecule has 2 aliphatic heterocycles. The van der Waals surface area contributed by atoms with Gasteiger partial charge in [-0.05, 0) is 51.8 Å². The molecule has 4 nitrogen and oxygen atoms in total. The standard InChI is InChI=1S/C19H30BO4Si/c1-8-9-14(20-23-18(2,3)19(4,5)24-20)13-10-15-16(22-12-21-15)11-17(13)25(6)7/h10-11,14H,8-9,12H2,1-7H3/t14-/m0/s1. The summed E-state index contributed by atoms with van der Waals surface area (Å²) >= 11 is 0. The van der Waals surface area contributed by atoms with Crippen molar-refractivity contribution in [1.29, 1.82) is 0 Å². The largest absolute Gasteiger partial charge is 0.465 e. The summed E-state index contributed by atoms with van der Waals surface area (Å²) in [6, 6.07) is 4.35. The van der Waals surface area contributed by atoms with Crippen LogP contribution in [0.25, 0.3) is 0 Å². The Kier molecular flexibility index (Phi) is 4.99. The molecular formula is C19H30BO4Si. The monoisotopic (exact) mass is 361 g/mol. The Bertz CT molecular complexity index is 629. The number of fused-ring (bicyclic) bond motifs is 1. The van der Waals surface area contributed by atoms with Crippen molar-refractivity contribution in [3.05, 3.63) is 17.7 Å². The summed E-state index contributed by atoms with van der Waals surface area (Å²) in [6.07, 6.45) is 2.11. The smallest absolute Gasteiger partial charge is 0.454 e. The van der Waals surface area contributed by atoms with Crippen LogP contribution in [0.3, 0.4) is 0 Å². The third-order valence-electron chi connectivity index (χ3n) is 5.68. The second-order valence-electron chi connectivity index (χ2n) is 8.31. The summed E-state index contributed by atoms with van der Waals surface area (Å²) in [7, 11) is -0.888. The van der Waals surface area contributed by atoms with Gasteiger partial charge in [0.15, 0.2) is 11.5 Å². The van der Waals surface area contributed by atoms with Gasteiger partial charge < -0.3 is 18.8 Å². The highest BCUT2D eigenvalue weighted by Crippen LogP contribution is 2.43. The molecule has 0 amide bonds. The van der Waals surface area contributed by atoms with E-state index in [-0.39, 0.29) is 24.1 Å². The highest BCUT2D eigenvalue weighted by molar-refractivity contribution is 6.71. The van der Waals surface area contributed by atoms with Gasteiger partial charge in [-0.2, -0.15) is 0 Å². The topological polar surface area (TPSA) is 36.9 Å². The van der Waals surface area contributed by atoms with Gasteiger partial charge in [0, 0.05) is 5.82 Å². The number of ether oxygens (including phenoxy) is 2. The molecule has 1 aromatic rings. The molecule has 6 heteroatoms. The molecular weight excluding hydrogens is 331 g/mol. The third-order valence-corrected chi connectivity index (χ3v) is 7.19. The van der Waals surface area contributed by atoms with Crippen LogP contribution in [0.1, 0.15) is 58.8 Å². The summed E-state index contributed by atoms with van der Waals surface area (Å²) in [5.41, 5.74) is 0.683. The first-order valence-corrected chi connectivity index (χ1v) is 11.8. The average molecular weight is 361 g/mol. The molecule has 2 aliphatic rings. The van der Waals surface area contributed by atoms with Crippen LogP contribution in [0.2, 0.25) is 13.1 Å². The molecule has 0 spiro atoms. The van der Waals surface area contributed by atoms with Crippen molar-refractivity contribution in [3.63, 3.8) is 0 Å². The average Bonchev–Trinajstić information content (AvgIpc) is 3.04. The molecule has 25 heavy (non-hydrogen) atoms. The number of benzene rings is 1. The van der Waals surface area contributed by atoms with Crippen LogP contribution in [-0.4, -0.2) is 33.9 Å². The van der Waals surface area contributed by atoms with E-state index in [2.05, 4.69) is 59.8 Å². The lowest BCUT2D eigenvalue weighted by molar-refractivity contribution is 0.00578. The van der Waals surface area contributed by atoms with Crippen molar-refractivity contribution in [2.45, 2.75) is 77.6 Å². The highest BCUT2D eigenvalue weighted by atomic mass is 28.3. The second kappa shape index (κ2) is 6.63. The predicted molar refractivity (Wildman–Crippen MR) is 103 cm³/mol. The molecule has 0 N–H and O–H groups in total. The van der Waals surface area contributed by atoms with Crippen molar-refractivity contribution in [2.75, 3.05) is 6.79 Å². The lowest BCUT2D eigenvalue weighted by Crippen LogP contribution is -2.41. The van der Waals surface area contributed by atoms with E-state index < -0.39 is 8.80 Å². The zero-order chi connectivity index (χ0) is 18.4. The molecule has 1 saturated heterocycles. The van der Waals surface area contributed by atoms with Crippen LogP contribution in [0, 0.1) is 0 Å². The summed E-state index contributed by atoms with van der Waals surface area (Å²) in [5, 5.41) is 1.39. The lowest BCUT2D eigenvalue weighted by atomic mass is 9.65. The SMILES string of the molecule is CCC[C@H](B1OC(C)(C)C(C)(C)O1)c1cc2c(cc1[Si](C)C)OCO2. The van der Waals surface area contributed by atoms with Crippen LogP contribution in [0.4, 0.5) is 0 Å². The number of rotatable bonds is 5. The summed E-state index contributed by atoms with van der Waals surface area (Å²) < 4.78 is 24.1. The minimum Gasteiger partial charge on any atom is -0.454 e. The molecule has 1 fully saturated rings. The Morgan fingerprint density at radius 1 is 1.04 bits per heavy atom. The minimum absolute atomic E-state index is 0.204. The molecule has 0 saturated carbocycles. The van der Waals surface area contributed by atoms with Gasteiger partial charge in [0.1, 0.15) is 0 Å². The fourth-order valence-corrected chi connectivity index (χ4v) is 4.75. The minimum atomic E-state index is -0.657. The first-order valence-electron chi connectivity index (χ1n) is 9.26. The summed E-state index contributed by atoms with van der Waals surface area (Å²) in [4.78, 5) is 0. The first kappa shape index (κ1) is 18.8. The van der Waals surface area contributed by atoms with Crippen molar-refractivity contribution in [2.24, 2.45) is 0 Å². The van der Waals surface area contributed by atoms with E-state index in [0.29, 0.717) is 6.79 Å². The van der Waals surface area contributed by atoms with Gasteiger partial charge in [0.25, 0.3) is 0 Å². The molecule has 1 atom stereocenters. The van der Waals surface area contributed by atoms with Crippen molar-refractivity contribution in [3.8, 4) is 11.5 Å². The summed E-state index contributed by atoms with van der Waals surface area (Å²) in [5.74, 6) is 1.92. The maximum Gasteiger partial charge on any atom is 0.465 e. The van der Waals surface area contributed by atoms with Gasteiger partial charge in [-0.3, -0.25) is 0 Å². The fourth-order valence-electron chi connectivity index (χ4n) is 3.50. The second-order valence-corrected chi connectivity index (χ2v) is 10.9. The van der Waals surface area contributed by atoms with Crippen molar-refractivity contribution in [1.82, 2.24) is 0 Å². The predicted octanol–water partition coefficient (Wildman–Crippen LogP) is 3.89. The van der Waals surface area contributed by atoms with Gasteiger partial charge in [0.2, 0.25) is 6.79 Å². The third kappa shape index (κ3) is 3.36. The van der Waals surface area contributed by atoms with E-state index in [1.165, 1.54) is 10.8 Å². The quantitative estimate of drug-likeness (QED) is 0.746. The van der Waals surface area contributed by atoms with E-state index in [0.717, 1.165) is 24.3 Å². The van der Waals surface area contributed by atoms with E-state index >= 15 is 0 Å². The van der Waals surface area contributed by atoms with Crippen LogP contribution < -0.4 is 14.7 Å². The maximum absolute atomic E-state index is 6.40. The molecule has 137 valence electrons. The van der Waals surface area contributed by atoms with Gasteiger partial charge in [-0.25, -0.2) is 0 Å². The van der Waals surface area contributed by atoms with Crippen LogP contribution >= 0.6 is 0 Å². The van der Waals surface area contributed by atoms with Crippen molar-refractivity contribution >= 4 is 21.1 Å². The van der Waals surface area contributed by atoms with E-state index in [9.17, 15) is 0 Å². The Hall–Kier alpha value is -0.978. The summed E-state index contributed by atoms with van der Waals surface area (Å²) in [6.45, 7) is 15.6. The van der Waals surface area contributed by atoms with Crippen LogP contribution in [-0.2, 0) is 9.31 Å². The van der Waals surface area contributed by atoms with Crippen LogP contribution in [0.15, 0.2) is 12.1 Å². The van der Waals surface area contributed by atoms with Gasteiger partial charge >= 0.3 is 7.12 Å². The van der Waals surface area contributed by atoms with E-state index in [1.54, 1.807) is 0 Å². The van der Waals surface area contributed by atoms with Crippen LogP contribution in [0.5, 0.6) is 11.5 Å². The Morgan fingerprint density at radius 2 is 1.60 bits per heavy atom. The van der Waals surface area contributed by atoms with E-state index in [1.807, 2.05) is 0 Å². The van der Waals surface area contributed by atoms with Gasteiger partial charge in [-0.1, -0.05) is 31.6 Å². The first-order chi connectivity index (χ1) is 11.7. The van der Waals surface area contributed by atoms with Gasteiger partial charge in [-0.15, -0.1) is 0 Å². The molecule has 2 heterocycles. The number of hydrogen-bond acceptors (Lipinski definition) is 4. The normalized spacial score (nSPS) is 21.8. The fraction of sp³-hybridized carbons (Fsp3) is 0.684.